The summed E-state index contributed by atoms with van der Waals surface area (Å²) in [5.41, 5.74) is 0.434. The molecule has 1 N–H and O–H groups in total. The quantitative estimate of drug-likeness (QED) is 0.864. The molecule has 16 heavy (non-hydrogen) atoms. The van der Waals surface area contributed by atoms with Crippen LogP contribution >= 0.6 is 0 Å². The van der Waals surface area contributed by atoms with Gasteiger partial charge in [-0.25, -0.2) is 0 Å². The van der Waals surface area contributed by atoms with E-state index in [-0.39, 0.29) is 5.75 Å². The van der Waals surface area contributed by atoms with Gasteiger partial charge in [0.25, 0.3) is 0 Å². The topological polar surface area (TPSA) is 29.5 Å². The smallest absolute Gasteiger partial charge is 0.406 e. The molecule has 1 aromatic carbocycles. The summed E-state index contributed by atoms with van der Waals surface area (Å²) >= 11 is 0. The van der Waals surface area contributed by atoms with E-state index in [1.165, 1.54) is 18.2 Å². The lowest BCUT2D eigenvalue weighted by atomic mass is 10.1. The van der Waals surface area contributed by atoms with Crippen molar-refractivity contribution in [2.45, 2.75) is 32.2 Å². The van der Waals surface area contributed by atoms with Crippen molar-refractivity contribution in [3.8, 4) is 5.75 Å². The van der Waals surface area contributed by atoms with Crippen molar-refractivity contribution in [3.05, 3.63) is 29.8 Å². The van der Waals surface area contributed by atoms with Crippen LogP contribution in [-0.4, -0.2) is 11.5 Å². The van der Waals surface area contributed by atoms with Gasteiger partial charge < -0.3 is 9.84 Å². The van der Waals surface area contributed by atoms with Crippen molar-refractivity contribution in [3.63, 3.8) is 0 Å². The number of benzene rings is 1. The fraction of sp³-hybridized carbons (Fsp3) is 0.455. The lowest BCUT2D eigenvalue weighted by molar-refractivity contribution is -0.274. The highest BCUT2D eigenvalue weighted by Gasteiger charge is 2.31. The zero-order valence-electron chi connectivity index (χ0n) is 8.79. The van der Waals surface area contributed by atoms with Gasteiger partial charge in [0.15, 0.2) is 0 Å². The van der Waals surface area contributed by atoms with Gasteiger partial charge in [0, 0.05) is 0 Å². The minimum absolute atomic E-state index is 0.305. The van der Waals surface area contributed by atoms with Crippen molar-refractivity contribution in [1.29, 1.82) is 0 Å². The second-order valence-corrected chi connectivity index (χ2v) is 3.42. The van der Waals surface area contributed by atoms with E-state index in [4.69, 9.17) is 0 Å². The Bertz CT molecular complexity index is 336. The number of ether oxygens (including phenoxy) is 1. The molecule has 0 aromatic heterocycles. The van der Waals surface area contributed by atoms with Gasteiger partial charge in [0.05, 0.1) is 6.10 Å². The maximum Gasteiger partial charge on any atom is 0.573 e. The van der Waals surface area contributed by atoms with Gasteiger partial charge >= 0.3 is 6.36 Å². The molecule has 5 heteroatoms. The Morgan fingerprint density at radius 1 is 1.38 bits per heavy atom. The third kappa shape index (κ3) is 4.10. The zero-order valence-corrected chi connectivity index (χ0v) is 8.79. The number of aliphatic hydroxyl groups is 1. The van der Waals surface area contributed by atoms with Crippen LogP contribution in [0, 0.1) is 0 Å². The van der Waals surface area contributed by atoms with E-state index < -0.39 is 12.5 Å². The largest absolute Gasteiger partial charge is 0.573 e. The monoisotopic (exact) mass is 234 g/mol. The second-order valence-electron chi connectivity index (χ2n) is 3.42. The summed E-state index contributed by atoms with van der Waals surface area (Å²) in [7, 11) is 0. The molecule has 1 unspecified atom stereocenters. The van der Waals surface area contributed by atoms with Gasteiger partial charge in [-0.1, -0.05) is 25.5 Å². The molecule has 1 atom stereocenters. The molecule has 0 radical (unpaired) electrons. The molecule has 0 fully saturated rings. The number of alkyl halides is 3. The SMILES string of the molecule is CCCC(O)c1cccc(OC(F)(F)F)c1. The Balaban J connectivity index is 2.78. The first-order valence-electron chi connectivity index (χ1n) is 4.96. The number of hydrogen-bond donors (Lipinski definition) is 1. The highest BCUT2D eigenvalue weighted by molar-refractivity contribution is 5.30. The van der Waals surface area contributed by atoms with Gasteiger partial charge in [-0.3, -0.25) is 0 Å². The molecule has 0 heterocycles. The fourth-order valence-corrected chi connectivity index (χ4v) is 1.36. The van der Waals surface area contributed by atoms with Crippen LogP contribution in [0.2, 0.25) is 0 Å². The van der Waals surface area contributed by atoms with Crippen LogP contribution in [0.15, 0.2) is 24.3 Å². The summed E-state index contributed by atoms with van der Waals surface area (Å²) in [6.45, 7) is 1.89. The number of hydrogen-bond acceptors (Lipinski definition) is 2. The molecule has 0 saturated heterocycles. The third-order valence-electron chi connectivity index (χ3n) is 2.04. The molecular weight excluding hydrogens is 221 g/mol. The van der Waals surface area contributed by atoms with E-state index in [2.05, 4.69) is 4.74 Å². The summed E-state index contributed by atoms with van der Waals surface area (Å²) in [4.78, 5) is 0. The maximum absolute atomic E-state index is 11.9. The predicted molar refractivity (Wildman–Crippen MR) is 53.0 cm³/mol. The van der Waals surface area contributed by atoms with Gasteiger partial charge in [-0.05, 0) is 24.1 Å². The number of aliphatic hydroxyl groups excluding tert-OH is 1. The summed E-state index contributed by atoms with van der Waals surface area (Å²) < 4.78 is 39.6. The van der Waals surface area contributed by atoms with Crippen LogP contribution < -0.4 is 4.74 Å². The van der Waals surface area contributed by atoms with E-state index in [1.807, 2.05) is 6.92 Å². The van der Waals surface area contributed by atoms with Gasteiger partial charge in [-0.2, -0.15) is 0 Å². The van der Waals surface area contributed by atoms with Crippen LogP contribution in [0.1, 0.15) is 31.4 Å². The van der Waals surface area contributed by atoms with E-state index in [9.17, 15) is 18.3 Å². The highest BCUT2D eigenvalue weighted by atomic mass is 19.4. The zero-order chi connectivity index (χ0) is 12.2. The van der Waals surface area contributed by atoms with Crippen molar-refractivity contribution in [1.82, 2.24) is 0 Å². The average molecular weight is 234 g/mol. The summed E-state index contributed by atoms with van der Waals surface area (Å²) in [5.74, 6) is -0.305. The first-order chi connectivity index (χ1) is 7.42. The predicted octanol–water partition coefficient (Wildman–Crippen LogP) is 3.42. The van der Waals surface area contributed by atoms with Crippen LogP contribution in [0.4, 0.5) is 13.2 Å². The molecule has 0 saturated carbocycles. The summed E-state index contributed by atoms with van der Waals surface area (Å²) in [6, 6.07) is 5.41. The van der Waals surface area contributed by atoms with Crippen LogP contribution in [0.5, 0.6) is 5.75 Å². The van der Waals surface area contributed by atoms with Crippen molar-refractivity contribution >= 4 is 0 Å². The molecule has 0 spiro atoms. The van der Waals surface area contributed by atoms with Crippen molar-refractivity contribution in [2.24, 2.45) is 0 Å². The summed E-state index contributed by atoms with van der Waals surface area (Å²) in [6.07, 6.45) is -4.18. The lowest BCUT2D eigenvalue weighted by Crippen LogP contribution is -2.17. The van der Waals surface area contributed by atoms with Crippen molar-refractivity contribution < 1.29 is 23.0 Å². The Kier molecular flexibility index (Phi) is 4.18. The minimum Gasteiger partial charge on any atom is -0.406 e. The first kappa shape index (κ1) is 12.8. The van der Waals surface area contributed by atoms with E-state index in [0.717, 1.165) is 6.42 Å². The van der Waals surface area contributed by atoms with Gasteiger partial charge in [0.1, 0.15) is 5.75 Å². The minimum atomic E-state index is -4.70. The maximum atomic E-state index is 11.9. The standard InChI is InChI=1S/C11H13F3O2/c1-2-4-10(15)8-5-3-6-9(7-8)16-11(12,13)14/h3,5-7,10,15H,2,4H2,1H3. The Morgan fingerprint density at radius 2 is 2.06 bits per heavy atom. The normalized spacial score (nSPS) is 13.6. The molecule has 0 aliphatic heterocycles. The van der Waals surface area contributed by atoms with Crippen LogP contribution in [-0.2, 0) is 0 Å². The summed E-state index contributed by atoms with van der Waals surface area (Å²) in [5, 5.41) is 9.61. The molecule has 90 valence electrons. The van der Waals surface area contributed by atoms with Gasteiger partial charge in [0.2, 0.25) is 0 Å². The first-order valence-corrected chi connectivity index (χ1v) is 4.96. The molecule has 1 rings (SSSR count). The lowest BCUT2D eigenvalue weighted by Gasteiger charge is -2.13. The average Bonchev–Trinajstić information content (AvgIpc) is 2.16. The van der Waals surface area contributed by atoms with Gasteiger partial charge in [-0.15, -0.1) is 13.2 Å². The Hall–Kier alpha value is -1.23. The van der Waals surface area contributed by atoms with E-state index in [0.29, 0.717) is 12.0 Å². The molecular formula is C11H13F3O2. The molecule has 0 bridgehead atoms. The highest BCUT2D eigenvalue weighted by Crippen LogP contribution is 2.26. The Labute approximate surface area is 91.7 Å². The van der Waals surface area contributed by atoms with Crippen LogP contribution in [0.3, 0.4) is 0 Å². The van der Waals surface area contributed by atoms with E-state index in [1.54, 1.807) is 6.07 Å². The molecule has 0 aliphatic rings. The molecule has 0 aliphatic carbocycles. The van der Waals surface area contributed by atoms with Crippen molar-refractivity contribution in [2.75, 3.05) is 0 Å². The fourth-order valence-electron chi connectivity index (χ4n) is 1.36. The Morgan fingerprint density at radius 3 is 2.62 bits per heavy atom. The molecule has 0 amide bonds. The van der Waals surface area contributed by atoms with E-state index >= 15 is 0 Å². The number of rotatable bonds is 4. The molecule has 2 nitrogen and oxygen atoms in total. The van der Waals surface area contributed by atoms with Crippen LogP contribution in [0.25, 0.3) is 0 Å². The second kappa shape index (κ2) is 5.21. The molecule has 1 aromatic rings. The number of halogens is 3. The third-order valence-corrected chi connectivity index (χ3v) is 2.04.